The number of hydrogen-bond donors (Lipinski definition) is 1. The van der Waals surface area contributed by atoms with Gasteiger partial charge in [-0.15, -0.1) is 0 Å². The van der Waals surface area contributed by atoms with Crippen LogP contribution >= 0.6 is 0 Å². The summed E-state index contributed by atoms with van der Waals surface area (Å²) in [6, 6.07) is 0. The highest BCUT2D eigenvalue weighted by Gasteiger charge is 2.39. The molecule has 1 aliphatic rings. The third-order valence-corrected chi connectivity index (χ3v) is 2.53. The van der Waals surface area contributed by atoms with Gasteiger partial charge in [0.1, 0.15) is 0 Å². The summed E-state index contributed by atoms with van der Waals surface area (Å²) >= 11 is 0. The zero-order valence-electron chi connectivity index (χ0n) is 8.22. The number of nitrogens with one attached hydrogen (secondary N) is 1. The van der Waals surface area contributed by atoms with E-state index >= 15 is 0 Å². The van der Waals surface area contributed by atoms with Gasteiger partial charge in [0.05, 0.1) is 13.2 Å². The summed E-state index contributed by atoms with van der Waals surface area (Å²) in [6.07, 6.45) is 0.926. The summed E-state index contributed by atoms with van der Waals surface area (Å²) < 4.78 is 11.3. The molecule has 0 amide bonds. The maximum absolute atomic E-state index is 5.64. The minimum absolute atomic E-state index is 0.316. The van der Waals surface area contributed by atoms with Gasteiger partial charge in [-0.05, 0) is 13.5 Å². The monoisotopic (exact) mass is 173 g/mol. The molecule has 1 N–H and O–H groups in total. The van der Waals surface area contributed by atoms with Crippen molar-refractivity contribution in [3.8, 4) is 0 Å². The Labute approximate surface area is 74.4 Å². The third kappa shape index (κ3) is 1.79. The van der Waals surface area contributed by atoms with E-state index < -0.39 is 0 Å². The van der Waals surface area contributed by atoms with Crippen LogP contribution in [0.5, 0.6) is 0 Å². The van der Waals surface area contributed by atoms with Crippen molar-refractivity contribution in [2.45, 2.75) is 26.1 Å². The van der Waals surface area contributed by atoms with Crippen molar-refractivity contribution < 1.29 is 9.47 Å². The molecule has 12 heavy (non-hydrogen) atoms. The van der Waals surface area contributed by atoms with Gasteiger partial charge in [0.15, 0.2) is 5.79 Å². The Balaban J connectivity index is 2.52. The summed E-state index contributed by atoms with van der Waals surface area (Å²) in [5.41, 5.74) is 0. The predicted octanol–water partition coefficient (Wildman–Crippen LogP) is 0.995. The molecule has 0 bridgehead atoms. The molecule has 0 aromatic carbocycles. The Morgan fingerprint density at radius 3 is 2.42 bits per heavy atom. The van der Waals surface area contributed by atoms with Crippen LogP contribution in [0.25, 0.3) is 0 Å². The van der Waals surface area contributed by atoms with Crippen LogP contribution in [0.4, 0.5) is 0 Å². The highest BCUT2D eigenvalue weighted by molar-refractivity contribution is 4.79. The second-order valence-corrected chi connectivity index (χ2v) is 3.32. The molecule has 0 aromatic rings. The first-order valence-electron chi connectivity index (χ1n) is 4.67. The van der Waals surface area contributed by atoms with Crippen molar-refractivity contribution in [3.05, 3.63) is 0 Å². The molecule has 1 rings (SSSR count). The minimum atomic E-state index is -0.316. The van der Waals surface area contributed by atoms with Gasteiger partial charge in [-0.25, -0.2) is 0 Å². The van der Waals surface area contributed by atoms with E-state index in [0.29, 0.717) is 5.92 Å². The molecule has 3 heteroatoms. The lowest BCUT2D eigenvalue weighted by Gasteiger charge is -2.32. The van der Waals surface area contributed by atoms with Crippen LogP contribution < -0.4 is 5.32 Å². The zero-order valence-corrected chi connectivity index (χ0v) is 8.22. The molecule has 1 fully saturated rings. The molecular weight excluding hydrogens is 154 g/mol. The second-order valence-electron chi connectivity index (χ2n) is 3.32. The molecule has 3 nitrogen and oxygen atoms in total. The Kier molecular flexibility index (Phi) is 3.50. The lowest BCUT2D eigenvalue weighted by Crippen LogP contribution is -2.41. The van der Waals surface area contributed by atoms with E-state index in [4.69, 9.17) is 9.47 Å². The van der Waals surface area contributed by atoms with E-state index in [-0.39, 0.29) is 5.79 Å². The summed E-state index contributed by atoms with van der Waals surface area (Å²) in [4.78, 5) is 0. The van der Waals surface area contributed by atoms with E-state index in [2.05, 4.69) is 19.2 Å². The average Bonchev–Trinajstić information content (AvgIpc) is 2.54. The first-order valence-corrected chi connectivity index (χ1v) is 4.67. The van der Waals surface area contributed by atoms with E-state index in [1.165, 1.54) is 0 Å². The third-order valence-electron chi connectivity index (χ3n) is 2.53. The molecule has 1 unspecified atom stereocenters. The molecule has 0 aromatic heterocycles. The number of hydrogen-bond acceptors (Lipinski definition) is 3. The largest absolute Gasteiger partial charge is 0.347 e. The van der Waals surface area contributed by atoms with Crippen LogP contribution in [0, 0.1) is 5.92 Å². The van der Waals surface area contributed by atoms with Crippen LogP contribution in [0.2, 0.25) is 0 Å². The molecule has 1 aliphatic heterocycles. The summed E-state index contributed by atoms with van der Waals surface area (Å²) in [6.45, 7) is 6.68. The minimum Gasteiger partial charge on any atom is -0.347 e. The molecule has 1 heterocycles. The highest BCUT2D eigenvalue weighted by atomic mass is 16.7. The van der Waals surface area contributed by atoms with Crippen molar-refractivity contribution in [2.75, 3.05) is 26.8 Å². The molecule has 0 spiro atoms. The molecule has 0 aliphatic carbocycles. The van der Waals surface area contributed by atoms with Gasteiger partial charge in [-0.2, -0.15) is 0 Å². The SMILES string of the molecule is CCC1(C(C)CNC)OCCO1. The smallest absolute Gasteiger partial charge is 0.171 e. The van der Waals surface area contributed by atoms with Gasteiger partial charge in [0.2, 0.25) is 0 Å². The van der Waals surface area contributed by atoms with Crippen LogP contribution in [-0.4, -0.2) is 32.6 Å². The van der Waals surface area contributed by atoms with Gasteiger partial charge < -0.3 is 14.8 Å². The molecule has 72 valence electrons. The summed E-state index contributed by atoms with van der Waals surface area (Å²) in [5, 5.41) is 3.14. The zero-order chi connectivity index (χ0) is 9.03. The normalized spacial score (nSPS) is 24.2. The van der Waals surface area contributed by atoms with Gasteiger partial charge >= 0.3 is 0 Å². The highest BCUT2D eigenvalue weighted by Crippen LogP contribution is 2.30. The molecule has 0 saturated carbocycles. The Morgan fingerprint density at radius 1 is 1.42 bits per heavy atom. The fourth-order valence-electron chi connectivity index (χ4n) is 1.77. The van der Waals surface area contributed by atoms with Gasteiger partial charge in [0.25, 0.3) is 0 Å². The Morgan fingerprint density at radius 2 is 2.00 bits per heavy atom. The Bertz CT molecular complexity index is 132. The first kappa shape index (κ1) is 9.96. The van der Waals surface area contributed by atoms with Gasteiger partial charge in [-0.1, -0.05) is 13.8 Å². The molecule has 1 atom stereocenters. The number of ether oxygens (including phenoxy) is 2. The lowest BCUT2D eigenvalue weighted by molar-refractivity contribution is -0.192. The van der Waals surface area contributed by atoms with Crippen molar-refractivity contribution in [1.29, 1.82) is 0 Å². The van der Waals surface area contributed by atoms with E-state index in [1.807, 2.05) is 7.05 Å². The molecular formula is C9H19NO2. The average molecular weight is 173 g/mol. The first-order chi connectivity index (χ1) is 5.75. The fraction of sp³-hybridized carbons (Fsp3) is 1.00. The topological polar surface area (TPSA) is 30.5 Å². The van der Waals surface area contributed by atoms with Crippen molar-refractivity contribution >= 4 is 0 Å². The van der Waals surface area contributed by atoms with Gasteiger partial charge in [-0.3, -0.25) is 0 Å². The van der Waals surface area contributed by atoms with Crippen molar-refractivity contribution in [1.82, 2.24) is 5.32 Å². The lowest BCUT2D eigenvalue weighted by atomic mass is 9.98. The number of rotatable bonds is 4. The molecule has 1 saturated heterocycles. The van der Waals surface area contributed by atoms with Crippen molar-refractivity contribution in [3.63, 3.8) is 0 Å². The summed E-state index contributed by atoms with van der Waals surface area (Å²) in [7, 11) is 1.95. The van der Waals surface area contributed by atoms with Crippen LogP contribution in [-0.2, 0) is 9.47 Å². The van der Waals surface area contributed by atoms with E-state index in [1.54, 1.807) is 0 Å². The van der Waals surface area contributed by atoms with E-state index in [9.17, 15) is 0 Å². The van der Waals surface area contributed by atoms with E-state index in [0.717, 1.165) is 26.2 Å². The maximum atomic E-state index is 5.64. The van der Waals surface area contributed by atoms with Crippen LogP contribution in [0.1, 0.15) is 20.3 Å². The van der Waals surface area contributed by atoms with Crippen LogP contribution in [0.15, 0.2) is 0 Å². The summed E-state index contributed by atoms with van der Waals surface area (Å²) in [5.74, 6) is 0.0956. The second kappa shape index (κ2) is 4.21. The predicted molar refractivity (Wildman–Crippen MR) is 48.0 cm³/mol. The van der Waals surface area contributed by atoms with Crippen LogP contribution in [0.3, 0.4) is 0 Å². The Hall–Kier alpha value is -0.120. The molecule has 0 radical (unpaired) electrons. The van der Waals surface area contributed by atoms with Gasteiger partial charge in [0, 0.05) is 12.5 Å². The quantitative estimate of drug-likeness (QED) is 0.688. The maximum Gasteiger partial charge on any atom is 0.171 e. The van der Waals surface area contributed by atoms with Crippen molar-refractivity contribution in [2.24, 2.45) is 5.92 Å². The standard InChI is InChI=1S/C9H19NO2/c1-4-9(8(2)7-10-3)11-5-6-12-9/h8,10H,4-7H2,1-3H3. The fourth-order valence-corrected chi connectivity index (χ4v) is 1.77.